The summed E-state index contributed by atoms with van der Waals surface area (Å²) in [6, 6.07) is 15.0. The van der Waals surface area contributed by atoms with Gasteiger partial charge in [-0.2, -0.15) is 0 Å². The zero-order chi connectivity index (χ0) is 15.9. The summed E-state index contributed by atoms with van der Waals surface area (Å²) >= 11 is 3.37. The first kappa shape index (κ1) is 16.4. The second-order valence-corrected chi connectivity index (χ2v) is 6.02. The number of benzene rings is 2. The number of carbonyl (C=O) groups is 1. The van der Waals surface area contributed by atoms with E-state index in [2.05, 4.69) is 26.6 Å². The summed E-state index contributed by atoms with van der Waals surface area (Å²) in [6.07, 6.45) is 0.135. The largest absolute Gasteiger partial charge is 0.491 e. The second-order valence-electron chi connectivity index (χ2n) is 5.10. The van der Waals surface area contributed by atoms with Crippen molar-refractivity contribution in [3.05, 3.63) is 53.0 Å². The molecule has 0 aliphatic heterocycles. The molecule has 2 rings (SSSR count). The van der Waals surface area contributed by atoms with Crippen molar-refractivity contribution in [2.24, 2.45) is 0 Å². The Labute approximate surface area is 139 Å². The van der Waals surface area contributed by atoms with E-state index >= 15 is 0 Å². The van der Waals surface area contributed by atoms with Gasteiger partial charge in [0.05, 0.1) is 12.6 Å². The molecule has 0 radical (unpaired) electrons. The highest BCUT2D eigenvalue weighted by Gasteiger charge is 2.03. The van der Waals surface area contributed by atoms with E-state index < -0.39 is 0 Å². The lowest BCUT2D eigenvalue weighted by Gasteiger charge is -2.11. The third-order valence-electron chi connectivity index (χ3n) is 2.81. The van der Waals surface area contributed by atoms with Crippen molar-refractivity contribution in [1.82, 2.24) is 0 Å². The van der Waals surface area contributed by atoms with Crippen molar-refractivity contribution >= 4 is 33.2 Å². The smallest absolute Gasteiger partial charge is 0.243 e. The molecule has 0 fully saturated rings. The van der Waals surface area contributed by atoms with E-state index in [0.29, 0.717) is 0 Å². The van der Waals surface area contributed by atoms with Gasteiger partial charge in [0.2, 0.25) is 5.91 Å². The topological polar surface area (TPSA) is 50.4 Å². The quantitative estimate of drug-likeness (QED) is 0.805. The van der Waals surface area contributed by atoms with Gasteiger partial charge in [0.1, 0.15) is 5.75 Å². The van der Waals surface area contributed by atoms with Crippen LogP contribution in [0.4, 0.5) is 11.4 Å². The highest BCUT2D eigenvalue weighted by Crippen LogP contribution is 2.17. The van der Waals surface area contributed by atoms with Crippen molar-refractivity contribution in [1.29, 1.82) is 0 Å². The van der Waals surface area contributed by atoms with Gasteiger partial charge in [-0.3, -0.25) is 4.79 Å². The first-order valence-corrected chi connectivity index (χ1v) is 7.88. The van der Waals surface area contributed by atoms with Gasteiger partial charge in [-0.15, -0.1) is 0 Å². The van der Waals surface area contributed by atoms with Gasteiger partial charge >= 0.3 is 0 Å². The number of hydrogen-bond acceptors (Lipinski definition) is 3. The molecule has 0 aliphatic rings. The minimum atomic E-state index is -0.0968. The van der Waals surface area contributed by atoms with Crippen LogP contribution in [0.15, 0.2) is 53.0 Å². The molecule has 4 nitrogen and oxygen atoms in total. The lowest BCUT2D eigenvalue weighted by Crippen LogP contribution is -2.21. The first-order valence-electron chi connectivity index (χ1n) is 7.09. The minimum absolute atomic E-state index is 0.0968. The number of anilines is 2. The molecule has 2 N–H and O–H groups in total. The number of halogens is 1. The number of amides is 1. The molecule has 0 spiro atoms. The Morgan fingerprint density at radius 1 is 1.05 bits per heavy atom. The average Bonchev–Trinajstić information content (AvgIpc) is 2.48. The van der Waals surface area contributed by atoms with Gasteiger partial charge in [-0.1, -0.05) is 15.9 Å². The van der Waals surface area contributed by atoms with E-state index in [9.17, 15) is 4.79 Å². The fourth-order valence-corrected chi connectivity index (χ4v) is 2.11. The zero-order valence-electron chi connectivity index (χ0n) is 12.6. The predicted molar refractivity (Wildman–Crippen MR) is 93.5 cm³/mol. The number of ether oxygens (including phenoxy) is 1. The maximum atomic E-state index is 11.9. The van der Waals surface area contributed by atoms with E-state index in [1.54, 1.807) is 0 Å². The highest BCUT2D eigenvalue weighted by atomic mass is 79.9. The molecule has 0 heterocycles. The van der Waals surface area contributed by atoms with Crippen LogP contribution in [0.1, 0.15) is 13.8 Å². The van der Waals surface area contributed by atoms with Crippen LogP contribution >= 0.6 is 15.9 Å². The molecule has 1 amide bonds. The van der Waals surface area contributed by atoms with Crippen molar-refractivity contribution in [3.63, 3.8) is 0 Å². The normalized spacial score (nSPS) is 10.4. The number of nitrogens with one attached hydrogen (secondary N) is 2. The van der Waals surface area contributed by atoms with E-state index in [1.807, 2.05) is 62.4 Å². The highest BCUT2D eigenvalue weighted by molar-refractivity contribution is 9.10. The van der Waals surface area contributed by atoms with Crippen molar-refractivity contribution < 1.29 is 9.53 Å². The van der Waals surface area contributed by atoms with Gasteiger partial charge in [0, 0.05) is 15.8 Å². The summed E-state index contributed by atoms with van der Waals surface area (Å²) in [7, 11) is 0. The molecule has 0 atom stereocenters. The van der Waals surface area contributed by atoms with Gasteiger partial charge in [0.15, 0.2) is 0 Å². The Balaban J connectivity index is 1.82. The van der Waals surface area contributed by atoms with E-state index in [4.69, 9.17) is 4.74 Å². The first-order chi connectivity index (χ1) is 10.5. The Bertz CT molecular complexity index is 610. The standard InChI is InChI=1S/C17H19BrN2O2/c1-12(2)22-16-9-7-15(8-10-16)20-17(21)11-19-14-5-3-13(18)4-6-14/h3-10,12,19H,11H2,1-2H3,(H,20,21). The van der Waals surface area contributed by atoms with E-state index in [1.165, 1.54) is 0 Å². The van der Waals surface area contributed by atoms with Gasteiger partial charge in [0.25, 0.3) is 0 Å². The molecular formula is C17H19BrN2O2. The van der Waals surface area contributed by atoms with Crippen LogP contribution in [-0.4, -0.2) is 18.6 Å². The molecule has 0 unspecified atom stereocenters. The summed E-state index contributed by atoms with van der Waals surface area (Å²) in [6.45, 7) is 4.17. The van der Waals surface area contributed by atoms with E-state index in [0.717, 1.165) is 21.6 Å². The van der Waals surface area contributed by atoms with Gasteiger partial charge in [-0.25, -0.2) is 0 Å². The summed E-state index contributed by atoms with van der Waals surface area (Å²) in [5.74, 6) is 0.696. The molecule has 5 heteroatoms. The summed E-state index contributed by atoms with van der Waals surface area (Å²) in [4.78, 5) is 11.9. The minimum Gasteiger partial charge on any atom is -0.491 e. The fourth-order valence-electron chi connectivity index (χ4n) is 1.84. The van der Waals surface area contributed by atoms with Crippen LogP contribution in [0, 0.1) is 0 Å². The summed E-state index contributed by atoms with van der Waals surface area (Å²) in [5.41, 5.74) is 1.65. The molecule has 0 saturated heterocycles. The Morgan fingerprint density at radius 2 is 1.64 bits per heavy atom. The molecule has 0 aliphatic carbocycles. The van der Waals surface area contributed by atoms with Crippen LogP contribution in [0.5, 0.6) is 5.75 Å². The average molecular weight is 363 g/mol. The monoisotopic (exact) mass is 362 g/mol. The molecule has 22 heavy (non-hydrogen) atoms. The maximum absolute atomic E-state index is 11.9. The Morgan fingerprint density at radius 3 is 2.23 bits per heavy atom. The number of carbonyl (C=O) groups excluding carboxylic acids is 1. The third kappa shape index (κ3) is 5.41. The van der Waals surface area contributed by atoms with Crippen LogP contribution in [0.25, 0.3) is 0 Å². The van der Waals surface area contributed by atoms with Crippen LogP contribution < -0.4 is 15.4 Å². The summed E-state index contributed by atoms with van der Waals surface area (Å²) < 4.78 is 6.57. The van der Waals surface area contributed by atoms with E-state index in [-0.39, 0.29) is 18.6 Å². The number of hydrogen-bond donors (Lipinski definition) is 2. The van der Waals surface area contributed by atoms with Gasteiger partial charge in [-0.05, 0) is 62.4 Å². The molecule has 2 aromatic rings. The van der Waals surface area contributed by atoms with Crippen molar-refractivity contribution in [3.8, 4) is 5.75 Å². The maximum Gasteiger partial charge on any atom is 0.243 e. The second kappa shape index (κ2) is 7.84. The molecule has 0 aromatic heterocycles. The SMILES string of the molecule is CC(C)Oc1ccc(NC(=O)CNc2ccc(Br)cc2)cc1. The Hall–Kier alpha value is -2.01. The fraction of sp³-hybridized carbons (Fsp3) is 0.235. The third-order valence-corrected chi connectivity index (χ3v) is 3.34. The molecule has 116 valence electrons. The van der Waals surface area contributed by atoms with Crippen molar-refractivity contribution in [2.45, 2.75) is 20.0 Å². The van der Waals surface area contributed by atoms with Gasteiger partial charge < -0.3 is 15.4 Å². The van der Waals surface area contributed by atoms with Crippen LogP contribution in [0.2, 0.25) is 0 Å². The molecule has 0 bridgehead atoms. The predicted octanol–water partition coefficient (Wildman–Crippen LogP) is 4.29. The molecule has 0 saturated carbocycles. The Kier molecular flexibility index (Phi) is 5.83. The molecule has 2 aromatic carbocycles. The van der Waals surface area contributed by atoms with Crippen LogP contribution in [-0.2, 0) is 4.79 Å². The van der Waals surface area contributed by atoms with Crippen LogP contribution in [0.3, 0.4) is 0 Å². The lowest BCUT2D eigenvalue weighted by molar-refractivity contribution is -0.114. The zero-order valence-corrected chi connectivity index (χ0v) is 14.2. The summed E-state index contributed by atoms with van der Waals surface area (Å²) in [5, 5.41) is 5.91. The number of rotatable bonds is 6. The lowest BCUT2D eigenvalue weighted by atomic mass is 10.3. The van der Waals surface area contributed by atoms with Crippen molar-refractivity contribution in [2.75, 3.05) is 17.2 Å². The molecular weight excluding hydrogens is 344 g/mol.